The highest BCUT2D eigenvalue weighted by molar-refractivity contribution is 5.69. The van der Waals surface area contributed by atoms with Crippen molar-refractivity contribution in [2.24, 2.45) is 0 Å². The van der Waals surface area contributed by atoms with E-state index in [-0.39, 0.29) is 12.2 Å². The maximum atomic E-state index is 11.3. The van der Waals surface area contributed by atoms with Gasteiger partial charge in [-0.2, -0.15) is 0 Å². The lowest BCUT2D eigenvalue weighted by Crippen LogP contribution is -2.32. The maximum absolute atomic E-state index is 11.3. The molecular formula is C11H20NO2. The Labute approximate surface area is 86.2 Å². The van der Waals surface area contributed by atoms with Gasteiger partial charge < -0.3 is 4.74 Å². The number of hydrogen-bond acceptors (Lipinski definition) is 2. The van der Waals surface area contributed by atoms with Crippen LogP contribution >= 0.6 is 0 Å². The third-order valence-electron chi connectivity index (χ3n) is 2.44. The van der Waals surface area contributed by atoms with Crippen molar-refractivity contribution in [3.8, 4) is 0 Å². The van der Waals surface area contributed by atoms with E-state index in [1.54, 1.807) is 0 Å². The molecule has 1 aliphatic heterocycles. The fourth-order valence-electron chi connectivity index (χ4n) is 1.58. The Morgan fingerprint density at radius 1 is 1.43 bits per heavy atom. The Bertz CT molecular complexity index is 165. The van der Waals surface area contributed by atoms with Crippen LogP contribution < -0.4 is 5.32 Å². The van der Waals surface area contributed by atoms with E-state index in [0.717, 1.165) is 45.1 Å². The smallest absolute Gasteiger partial charge is 0.307 e. The molecule has 0 aromatic rings. The number of ether oxygens (including phenoxy) is 1. The highest BCUT2D eigenvalue weighted by Gasteiger charge is 2.17. The molecule has 81 valence electrons. The van der Waals surface area contributed by atoms with Crippen LogP contribution in [0.15, 0.2) is 0 Å². The molecule has 1 rings (SSSR count). The first kappa shape index (κ1) is 11.5. The van der Waals surface area contributed by atoms with Gasteiger partial charge >= 0.3 is 5.97 Å². The van der Waals surface area contributed by atoms with Crippen LogP contribution in [0.1, 0.15) is 51.9 Å². The second-order valence-corrected chi connectivity index (χ2v) is 3.80. The van der Waals surface area contributed by atoms with Gasteiger partial charge in [-0.15, -0.1) is 0 Å². The molecule has 0 aliphatic carbocycles. The van der Waals surface area contributed by atoms with Crippen LogP contribution in [0.2, 0.25) is 0 Å². The van der Waals surface area contributed by atoms with Crippen LogP contribution in [0.25, 0.3) is 0 Å². The zero-order valence-corrected chi connectivity index (χ0v) is 9.00. The number of piperidine rings is 1. The van der Waals surface area contributed by atoms with E-state index in [9.17, 15) is 4.79 Å². The molecule has 0 amide bonds. The van der Waals surface area contributed by atoms with E-state index in [4.69, 9.17) is 4.74 Å². The highest BCUT2D eigenvalue weighted by Crippen LogP contribution is 2.11. The molecule has 1 heterocycles. The topological polar surface area (TPSA) is 40.4 Å². The lowest BCUT2D eigenvalue weighted by atomic mass is 10.1. The molecule has 0 bridgehead atoms. The van der Waals surface area contributed by atoms with Crippen LogP contribution in [0.5, 0.6) is 0 Å². The van der Waals surface area contributed by atoms with E-state index in [1.807, 2.05) is 0 Å². The number of rotatable bonds is 5. The molecule has 1 aliphatic rings. The standard InChI is InChI=1S/C11H20NO2/c1-2-3-4-8-11(13)14-10-7-5-6-9-12-10/h10H,2-9H2,1H3. The lowest BCUT2D eigenvalue weighted by molar-refractivity contribution is -0.152. The van der Waals surface area contributed by atoms with Crippen LogP contribution in [0.3, 0.4) is 0 Å². The van der Waals surface area contributed by atoms with E-state index < -0.39 is 0 Å². The normalized spacial score (nSPS) is 21.9. The van der Waals surface area contributed by atoms with Crippen molar-refractivity contribution in [3.63, 3.8) is 0 Å². The van der Waals surface area contributed by atoms with Crippen molar-refractivity contribution in [1.29, 1.82) is 0 Å². The number of esters is 1. The van der Waals surface area contributed by atoms with Gasteiger partial charge in [-0.1, -0.05) is 19.8 Å². The molecule has 14 heavy (non-hydrogen) atoms. The van der Waals surface area contributed by atoms with Crippen LogP contribution in [-0.2, 0) is 9.53 Å². The average molecular weight is 198 g/mol. The maximum Gasteiger partial charge on any atom is 0.307 e. The summed E-state index contributed by atoms with van der Waals surface area (Å²) in [6.07, 6.45) is 6.80. The molecule has 1 radical (unpaired) electrons. The minimum Gasteiger partial charge on any atom is -0.445 e. The molecule has 0 saturated carbocycles. The van der Waals surface area contributed by atoms with Gasteiger partial charge in [-0.3, -0.25) is 4.79 Å². The predicted molar refractivity (Wildman–Crippen MR) is 54.9 cm³/mol. The molecule has 1 unspecified atom stereocenters. The number of carbonyl (C=O) groups excluding carboxylic acids is 1. The highest BCUT2D eigenvalue weighted by atomic mass is 16.6. The molecular weight excluding hydrogens is 178 g/mol. The van der Waals surface area contributed by atoms with E-state index in [0.29, 0.717) is 6.42 Å². The summed E-state index contributed by atoms with van der Waals surface area (Å²) in [5, 5.41) is 4.25. The second-order valence-electron chi connectivity index (χ2n) is 3.80. The summed E-state index contributed by atoms with van der Waals surface area (Å²) in [7, 11) is 0. The number of hydrogen-bond donors (Lipinski definition) is 0. The summed E-state index contributed by atoms with van der Waals surface area (Å²) in [5.41, 5.74) is 0. The first-order chi connectivity index (χ1) is 6.83. The Hall–Kier alpha value is -0.570. The van der Waals surface area contributed by atoms with Gasteiger partial charge in [0.2, 0.25) is 0 Å². The van der Waals surface area contributed by atoms with Gasteiger partial charge in [0.05, 0.1) is 0 Å². The summed E-state index contributed by atoms with van der Waals surface area (Å²) in [4.78, 5) is 11.3. The van der Waals surface area contributed by atoms with E-state index in [1.165, 1.54) is 0 Å². The van der Waals surface area contributed by atoms with Crippen molar-refractivity contribution in [3.05, 3.63) is 0 Å². The van der Waals surface area contributed by atoms with Gasteiger partial charge in [0.25, 0.3) is 0 Å². The van der Waals surface area contributed by atoms with Gasteiger partial charge in [0, 0.05) is 13.0 Å². The summed E-state index contributed by atoms with van der Waals surface area (Å²) in [5.74, 6) is -0.0749. The number of nitrogens with zero attached hydrogens (tertiary/aromatic N) is 1. The molecule has 1 saturated heterocycles. The Morgan fingerprint density at radius 2 is 2.29 bits per heavy atom. The van der Waals surface area contributed by atoms with Gasteiger partial charge in [0.15, 0.2) is 6.23 Å². The fourth-order valence-corrected chi connectivity index (χ4v) is 1.58. The van der Waals surface area contributed by atoms with Crippen LogP contribution in [0.4, 0.5) is 0 Å². The van der Waals surface area contributed by atoms with Crippen molar-refractivity contribution in [1.82, 2.24) is 5.32 Å². The monoisotopic (exact) mass is 198 g/mol. The third-order valence-corrected chi connectivity index (χ3v) is 2.44. The Kier molecular flexibility index (Phi) is 5.60. The predicted octanol–water partition coefficient (Wildman–Crippen LogP) is 2.22. The molecule has 3 heteroatoms. The number of carbonyl (C=O) groups is 1. The second kappa shape index (κ2) is 6.82. The lowest BCUT2D eigenvalue weighted by Gasteiger charge is -2.21. The third kappa shape index (κ3) is 4.61. The SMILES string of the molecule is CCCCCC(=O)OC1CCCC[N]1. The van der Waals surface area contributed by atoms with Crippen molar-refractivity contribution >= 4 is 5.97 Å². The molecule has 3 nitrogen and oxygen atoms in total. The quantitative estimate of drug-likeness (QED) is 0.502. The van der Waals surface area contributed by atoms with E-state index in [2.05, 4.69) is 12.2 Å². The first-order valence-corrected chi connectivity index (χ1v) is 5.69. The summed E-state index contributed by atoms with van der Waals surface area (Å²) < 4.78 is 5.23. The molecule has 1 atom stereocenters. The Balaban J connectivity index is 2.06. The molecule has 0 aromatic heterocycles. The zero-order valence-electron chi connectivity index (χ0n) is 9.00. The van der Waals surface area contributed by atoms with Gasteiger partial charge in [0.1, 0.15) is 0 Å². The van der Waals surface area contributed by atoms with Gasteiger partial charge in [-0.05, 0) is 25.7 Å². The molecule has 0 spiro atoms. The summed E-state index contributed by atoms with van der Waals surface area (Å²) in [6.45, 7) is 2.98. The van der Waals surface area contributed by atoms with Crippen molar-refractivity contribution < 1.29 is 9.53 Å². The molecule has 0 N–H and O–H groups in total. The summed E-state index contributed by atoms with van der Waals surface area (Å²) >= 11 is 0. The summed E-state index contributed by atoms with van der Waals surface area (Å²) in [6, 6.07) is 0. The van der Waals surface area contributed by atoms with Crippen LogP contribution in [-0.4, -0.2) is 18.7 Å². The fraction of sp³-hybridized carbons (Fsp3) is 0.909. The molecule has 0 aromatic carbocycles. The zero-order chi connectivity index (χ0) is 10.2. The van der Waals surface area contributed by atoms with Crippen molar-refractivity contribution in [2.75, 3.05) is 6.54 Å². The van der Waals surface area contributed by atoms with Crippen LogP contribution in [0, 0.1) is 0 Å². The molecule has 1 fully saturated rings. The largest absolute Gasteiger partial charge is 0.445 e. The minimum atomic E-state index is -0.141. The first-order valence-electron chi connectivity index (χ1n) is 5.69. The Morgan fingerprint density at radius 3 is 2.93 bits per heavy atom. The number of unbranched alkanes of at least 4 members (excludes halogenated alkanes) is 2. The minimum absolute atomic E-state index is 0.0749. The average Bonchev–Trinajstić information content (AvgIpc) is 2.20. The van der Waals surface area contributed by atoms with Crippen molar-refractivity contribution in [2.45, 2.75) is 58.1 Å². The van der Waals surface area contributed by atoms with Gasteiger partial charge in [-0.25, -0.2) is 5.32 Å². The van der Waals surface area contributed by atoms with E-state index >= 15 is 0 Å².